The first-order chi connectivity index (χ1) is 29.3. The van der Waals surface area contributed by atoms with Gasteiger partial charge in [0.2, 0.25) is 0 Å². The molecule has 264 valence electrons. The molecule has 0 bridgehead atoms. The average molecular weight is 769 g/mol. The number of rotatable bonds is 0. The molecule has 0 saturated carbocycles. The van der Waals surface area contributed by atoms with Crippen LogP contribution in [0.4, 0.5) is 0 Å². The molecule has 0 aliphatic heterocycles. The van der Waals surface area contributed by atoms with E-state index in [0.717, 1.165) is 0 Å². The predicted molar refractivity (Wildman–Crippen MR) is 188 cm³/mol. The van der Waals surface area contributed by atoms with Crippen LogP contribution in [0.3, 0.4) is 0 Å². The van der Waals surface area contributed by atoms with Crippen LogP contribution in [0.15, 0.2) is 0 Å². The standard InChI is InChI=1S/2C18N12/c2*19-1-7-8(2-20)10(4-22)14-13(9(7)3-21)15-11(5-23)12(6-24)25-26-16(15)18-17(14)27-29-30-28-18. The highest BCUT2D eigenvalue weighted by atomic mass is 15.4. The second-order valence-corrected chi connectivity index (χ2v) is 11.3. The maximum absolute atomic E-state index is 9.81. The molecule has 4 aromatic carbocycles. The Hall–Kier alpha value is -11.6. The Labute approximate surface area is 329 Å². The zero-order valence-corrected chi connectivity index (χ0v) is 28.7. The van der Waals surface area contributed by atoms with Crippen LogP contribution in [0.2, 0.25) is 0 Å². The van der Waals surface area contributed by atoms with Crippen molar-refractivity contribution in [1.29, 1.82) is 63.1 Å². The first-order valence-corrected chi connectivity index (χ1v) is 15.6. The summed E-state index contributed by atoms with van der Waals surface area (Å²) in [6.45, 7) is 0. The Kier molecular flexibility index (Phi) is 8.75. The highest BCUT2D eigenvalue weighted by Gasteiger charge is 2.30. The average Bonchev–Trinajstić information content (AvgIpc) is 3.31. The molecule has 60 heavy (non-hydrogen) atoms. The van der Waals surface area contributed by atoms with Gasteiger partial charge in [-0.3, -0.25) is 0 Å². The molecule has 0 spiro atoms. The molecule has 0 fully saturated rings. The van der Waals surface area contributed by atoms with Crippen molar-refractivity contribution in [2.75, 3.05) is 0 Å². The summed E-state index contributed by atoms with van der Waals surface area (Å²) in [6.07, 6.45) is 0. The molecule has 8 rings (SSSR count). The smallest absolute Gasteiger partial charge is 0.181 e. The predicted octanol–water partition coefficient (Wildman–Crippen LogP) is 1.49. The maximum atomic E-state index is 9.81. The van der Waals surface area contributed by atoms with Gasteiger partial charge in [0.05, 0.1) is 44.5 Å². The normalized spacial score (nSPS) is 9.80. The van der Waals surface area contributed by atoms with Crippen LogP contribution in [0.25, 0.3) is 65.4 Å². The van der Waals surface area contributed by atoms with Crippen LogP contribution in [0, 0.1) is 136 Å². The topological polar surface area (TPSA) is 440 Å². The van der Waals surface area contributed by atoms with Gasteiger partial charge in [0.1, 0.15) is 117 Å². The molecule has 0 radical (unpaired) electrons. The molecule has 4 aromatic heterocycles. The Balaban J connectivity index is 0.000000181. The van der Waals surface area contributed by atoms with Gasteiger partial charge in [0, 0.05) is 32.3 Å². The summed E-state index contributed by atoms with van der Waals surface area (Å²) >= 11 is 0. The highest BCUT2D eigenvalue weighted by molar-refractivity contribution is 6.28. The fraction of sp³-hybridized carbons (Fsp3) is 0. The van der Waals surface area contributed by atoms with Crippen LogP contribution in [0.1, 0.15) is 67.0 Å². The lowest BCUT2D eigenvalue weighted by Gasteiger charge is -2.13. The quantitative estimate of drug-likeness (QED) is 0.197. The summed E-state index contributed by atoms with van der Waals surface area (Å²) in [7, 11) is 0. The SMILES string of the molecule is N#Cc1nnc2c3nnnnc3c3c(C#N)c(C#N)c(C#N)c(C#N)c3c2c1C#N.N#Cc1nnc2c3nnnnc3c3c(C#N)c(C#N)c(C#N)c(C#N)c3c2c1C#N. The Morgan fingerprint density at radius 3 is 0.700 bits per heavy atom. The minimum Gasteiger partial charge on any atom is -0.192 e. The molecule has 0 amide bonds. The number of nitriles is 12. The number of benzene rings is 4. The number of nitrogens with zero attached hydrogens (tertiary/aromatic N) is 24. The van der Waals surface area contributed by atoms with E-state index in [0.29, 0.717) is 0 Å². The van der Waals surface area contributed by atoms with E-state index in [1.807, 2.05) is 36.4 Å². The van der Waals surface area contributed by atoms with Crippen molar-refractivity contribution in [1.82, 2.24) is 61.6 Å². The van der Waals surface area contributed by atoms with Crippen molar-refractivity contribution in [3.05, 3.63) is 67.0 Å². The lowest BCUT2D eigenvalue weighted by Crippen LogP contribution is -2.05. The number of hydrogen-bond donors (Lipinski definition) is 0. The van der Waals surface area contributed by atoms with Crippen LogP contribution in [-0.2, 0) is 0 Å². The highest BCUT2D eigenvalue weighted by Crippen LogP contribution is 2.42. The van der Waals surface area contributed by atoms with Crippen molar-refractivity contribution in [3.63, 3.8) is 0 Å². The Morgan fingerprint density at radius 1 is 0.200 bits per heavy atom. The number of hydrogen-bond acceptors (Lipinski definition) is 24. The van der Waals surface area contributed by atoms with Crippen molar-refractivity contribution in [2.24, 2.45) is 0 Å². The maximum Gasteiger partial charge on any atom is 0.181 e. The lowest BCUT2D eigenvalue weighted by molar-refractivity contribution is 0.799. The largest absolute Gasteiger partial charge is 0.192 e. The van der Waals surface area contributed by atoms with Crippen LogP contribution >= 0.6 is 0 Å². The zero-order chi connectivity index (χ0) is 42.8. The Bertz CT molecular complexity index is 3640. The van der Waals surface area contributed by atoms with Gasteiger partial charge >= 0.3 is 0 Å². The van der Waals surface area contributed by atoms with Gasteiger partial charge in [-0.05, 0) is 20.9 Å². The van der Waals surface area contributed by atoms with Gasteiger partial charge in [0.15, 0.2) is 11.4 Å². The fourth-order valence-electron chi connectivity index (χ4n) is 6.54. The number of aromatic nitrogens is 12. The van der Waals surface area contributed by atoms with Gasteiger partial charge in [0.25, 0.3) is 0 Å². The van der Waals surface area contributed by atoms with Crippen molar-refractivity contribution < 1.29 is 0 Å². The summed E-state index contributed by atoms with van der Waals surface area (Å²) in [5.74, 6) is 0. The third-order valence-electron chi connectivity index (χ3n) is 8.81. The van der Waals surface area contributed by atoms with E-state index in [1.54, 1.807) is 36.4 Å². The van der Waals surface area contributed by atoms with E-state index in [1.165, 1.54) is 0 Å². The summed E-state index contributed by atoms with van der Waals surface area (Å²) in [5, 5.41) is 160. The van der Waals surface area contributed by atoms with Crippen molar-refractivity contribution >= 4 is 65.4 Å². The molecule has 0 aliphatic carbocycles. The van der Waals surface area contributed by atoms with Gasteiger partial charge in [-0.1, -0.05) is 0 Å². The molecular formula is C36N24. The van der Waals surface area contributed by atoms with Crippen LogP contribution in [-0.4, -0.2) is 61.6 Å². The third-order valence-corrected chi connectivity index (χ3v) is 8.81. The first kappa shape index (κ1) is 36.7. The van der Waals surface area contributed by atoms with Crippen molar-refractivity contribution in [3.8, 4) is 72.8 Å². The van der Waals surface area contributed by atoms with E-state index >= 15 is 0 Å². The minimum atomic E-state index is -0.348. The summed E-state index contributed by atoms with van der Waals surface area (Å²) in [4.78, 5) is 0. The minimum absolute atomic E-state index is 0.00465. The fourth-order valence-corrected chi connectivity index (χ4v) is 6.54. The van der Waals surface area contributed by atoms with E-state index < -0.39 is 0 Å². The van der Waals surface area contributed by atoms with Crippen molar-refractivity contribution in [2.45, 2.75) is 0 Å². The zero-order valence-electron chi connectivity index (χ0n) is 28.7. The molecule has 8 aromatic rings. The van der Waals surface area contributed by atoms with Gasteiger partial charge in [-0.15, -0.1) is 40.8 Å². The second kappa shape index (κ2) is 14.3. The van der Waals surface area contributed by atoms with Gasteiger partial charge in [-0.2, -0.15) is 63.1 Å². The summed E-state index contributed by atoms with van der Waals surface area (Å²) < 4.78 is 0. The molecule has 24 nitrogen and oxygen atoms in total. The first-order valence-electron chi connectivity index (χ1n) is 15.6. The molecule has 0 unspecified atom stereocenters. The van der Waals surface area contributed by atoms with Crippen LogP contribution in [0.5, 0.6) is 0 Å². The van der Waals surface area contributed by atoms with Gasteiger partial charge in [-0.25, -0.2) is 0 Å². The van der Waals surface area contributed by atoms with Gasteiger partial charge < -0.3 is 0 Å². The summed E-state index contributed by atoms with van der Waals surface area (Å²) in [5.41, 5.74) is -3.64. The van der Waals surface area contributed by atoms with E-state index in [4.69, 9.17) is 0 Å². The lowest BCUT2D eigenvalue weighted by atomic mass is 9.87. The Morgan fingerprint density at radius 2 is 0.433 bits per heavy atom. The second-order valence-electron chi connectivity index (χ2n) is 11.3. The monoisotopic (exact) mass is 768 g/mol. The van der Waals surface area contributed by atoms with E-state index in [2.05, 4.69) is 61.6 Å². The molecule has 4 heterocycles. The summed E-state index contributed by atoms with van der Waals surface area (Å²) in [6, 6.07) is 21.7. The molecule has 0 N–H and O–H groups in total. The third kappa shape index (κ3) is 4.84. The molecule has 0 atom stereocenters. The number of fused-ring (bicyclic) bond motifs is 12. The van der Waals surface area contributed by atoms with E-state index in [-0.39, 0.29) is 132 Å². The van der Waals surface area contributed by atoms with Crippen LogP contribution < -0.4 is 0 Å². The molecule has 0 aliphatic rings. The molecule has 0 saturated heterocycles. The molecule has 24 heteroatoms. The van der Waals surface area contributed by atoms with E-state index in [9.17, 15) is 63.1 Å². The molecular weight excluding hydrogens is 769 g/mol.